The summed E-state index contributed by atoms with van der Waals surface area (Å²) in [5.74, 6) is 1.02. The van der Waals surface area contributed by atoms with Gasteiger partial charge in [-0.3, -0.25) is 4.57 Å². The molecule has 3 N–H and O–H groups in total. The fourth-order valence-electron chi connectivity index (χ4n) is 2.75. The molecule has 0 radical (unpaired) electrons. The van der Waals surface area contributed by atoms with E-state index in [1.54, 1.807) is 24.7 Å². The van der Waals surface area contributed by atoms with Gasteiger partial charge in [0.05, 0.1) is 15.9 Å². The molecule has 8 nitrogen and oxygen atoms in total. The number of hydrogen-bond donors (Lipinski definition) is 2. The molecule has 0 atom stereocenters. The average Bonchev–Trinajstić information content (AvgIpc) is 3.07. The predicted molar refractivity (Wildman–Crippen MR) is 102 cm³/mol. The minimum Gasteiger partial charge on any atom is -0.324 e. The number of nitrogens with zero attached hydrogens (tertiary/aromatic N) is 4. The van der Waals surface area contributed by atoms with Gasteiger partial charge in [0, 0.05) is 17.4 Å². The molecular weight excluding hydrogens is 364 g/mol. The van der Waals surface area contributed by atoms with E-state index in [-0.39, 0.29) is 4.90 Å². The van der Waals surface area contributed by atoms with Gasteiger partial charge < -0.3 is 5.32 Å². The molecule has 0 unspecified atom stereocenters. The fraction of sp³-hybridized carbons (Fsp3) is 0.0556. The first kappa shape index (κ1) is 17.1. The smallest absolute Gasteiger partial charge is 0.238 e. The van der Waals surface area contributed by atoms with E-state index in [2.05, 4.69) is 20.3 Å². The predicted octanol–water partition coefficient (Wildman–Crippen LogP) is 2.51. The van der Waals surface area contributed by atoms with Crippen molar-refractivity contribution in [2.75, 3.05) is 5.32 Å². The SMILES string of the molecule is Cc1cnc(Nc2cccc(S(N)(=O)=O)c2)nc1-n1cnc2ccccc21. The Morgan fingerprint density at radius 1 is 1.07 bits per heavy atom. The van der Waals surface area contributed by atoms with Gasteiger partial charge >= 0.3 is 0 Å². The van der Waals surface area contributed by atoms with Crippen molar-refractivity contribution in [3.8, 4) is 5.82 Å². The van der Waals surface area contributed by atoms with Crippen LogP contribution < -0.4 is 10.5 Å². The first-order valence-corrected chi connectivity index (χ1v) is 9.62. The van der Waals surface area contributed by atoms with Crippen molar-refractivity contribution in [2.24, 2.45) is 5.14 Å². The van der Waals surface area contributed by atoms with Gasteiger partial charge in [0.2, 0.25) is 16.0 Å². The summed E-state index contributed by atoms with van der Waals surface area (Å²) >= 11 is 0. The normalized spacial score (nSPS) is 11.6. The number of nitrogens with one attached hydrogen (secondary N) is 1. The number of para-hydroxylation sites is 2. The van der Waals surface area contributed by atoms with Gasteiger partial charge in [-0.1, -0.05) is 18.2 Å². The Labute approximate surface area is 155 Å². The van der Waals surface area contributed by atoms with Gasteiger partial charge in [-0.15, -0.1) is 0 Å². The van der Waals surface area contributed by atoms with Crippen molar-refractivity contribution in [1.29, 1.82) is 0 Å². The molecule has 9 heteroatoms. The summed E-state index contributed by atoms with van der Waals surface area (Å²) in [5, 5.41) is 8.20. The van der Waals surface area contributed by atoms with Crippen molar-refractivity contribution in [3.63, 3.8) is 0 Å². The molecule has 2 aromatic carbocycles. The van der Waals surface area contributed by atoms with Crippen molar-refractivity contribution in [2.45, 2.75) is 11.8 Å². The van der Waals surface area contributed by atoms with Crippen molar-refractivity contribution >= 4 is 32.7 Å². The molecular formula is C18H16N6O2S. The first-order valence-electron chi connectivity index (χ1n) is 8.08. The Balaban J connectivity index is 1.73. The Kier molecular flexibility index (Phi) is 4.09. The third-order valence-corrected chi connectivity index (χ3v) is 4.96. The summed E-state index contributed by atoms with van der Waals surface area (Å²) in [4.78, 5) is 13.3. The second kappa shape index (κ2) is 6.45. The second-order valence-electron chi connectivity index (χ2n) is 6.00. The van der Waals surface area contributed by atoms with Crippen molar-refractivity contribution in [1.82, 2.24) is 19.5 Å². The highest BCUT2D eigenvalue weighted by molar-refractivity contribution is 7.89. The van der Waals surface area contributed by atoms with Crippen LogP contribution in [0.15, 0.2) is 66.0 Å². The average molecular weight is 380 g/mol. The van der Waals surface area contributed by atoms with E-state index >= 15 is 0 Å². The lowest BCUT2D eigenvalue weighted by Crippen LogP contribution is -2.12. The largest absolute Gasteiger partial charge is 0.324 e. The summed E-state index contributed by atoms with van der Waals surface area (Å²) in [6.07, 6.45) is 3.41. The number of rotatable bonds is 4. The van der Waals surface area contributed by atoms with Gasteiger partial charge in [-0.05, 0) is 37.3 Å². The molecule has 4 rings (SSSR count). The minimum absolute atomic E-state index is 0.0143. The van der Waals surface area contributed by atoms with E-state index in [1.807, 2.05) is 35.8 Å². The molecule has 2 aromatic heterocycles. The highest BCUT2D eigenvalue weighted by atomic mass is 32.2. The number of hydrogen-bond acceptors (Lipinski definition) is 6. The number of benzene rings is 2. The van der Waals surface area contributed by atoms with Crippen LogP contribution in [0.2, 0.25) is 0 Å². The lowest BCUT2D eigenvalue weighted by Gasteiger charge is -2.11. The van der Waals surface area contributed by atoms with Crippen LogP contribution in [0.5, 0.6) is 0 Å². The van der Waals surface area contributed by atoms with Gasteiger partial charge in [0.25, 0.3) is 0 Å². The lowest BCUT2D eigenvalue weighted by molar-refractivity contribution is 0.598. The summed E-state index contributed by atoms with van der Waals surface area (Å²) in [5.41, 5.74) is 3.20. The Hall–Kier alpha value is -3.30. The number of fused-ring (bicyclic) bond motifs is 1. The maximum Gasteiger partial charge on any atom is 0.238 e. The molecule has 0 aliphatic rings. The third kappa shape index (κ3) is 3.37. The molecule has 27 heavy (non-hydrogen) atoms. The number of sulfonamides is 1. The minimum atomic E-state index is -3.79. The number of primary sulfonamides is 1. The quantitative estimate of drug-likeness (QED) is 0.562. The first-order chi connectivity index (χ1) is 12.9. The number of anilines is 2. The molecule has 0 bridgehead atoms. The van der Waals surface area contributed by atoms with Crippen LogP contribution in [0.4, 0.5) is 11.6 Å². The second-order valence-corrected chi connectivity index (χ2v) is 7.56. The highest BCUT2D eigenvalue weighted by Gasteiger charge is 2.12. The van der Waals surface area contributed by atoms with E-state index in [4.69, 9.17) is 5.14 Å². The van der Waals surface area contributed by atoms with Gasteiger partial charge in [0.1, 0.15) is 12.1 Å². The molecule has 0 aliphatic carbocycles. The Morgan fingerprint density at radius 3 is 2.70 bits per heavy atom. The molecule has 0 fully saturated rings. The molecule has 136 valence electrons. The molecule has 2 heterocycles. The number of imidazole rings is 1. The topological polar surface area (TPSA) is 116 Å². The molecule has 0 saturated heterocycles. The van der Waals surface area contributed by atoms with E-state index in [1.165, 1.54) is 12.1 Å². The summed E-state index contributed by atoms with van der Waals surface area (Å²) in [6.45, 7) is 1.91. The zero-order valence-corrected chi connectivity index (χ0v) is 15.2. The van der Waals surface area contributed by atoms with E-state index < -0.39 is 10.0 Å². The molecule has 0 amide bonds. The number of nitrogens with two attached hydrogens (primary N) is 1. The maximum absolute atomic E-state index is 11.5. The van der Waals surface area contributed by atoms with Crippen LogP contribution in [-0.2, 0) is 10.0 Å². The summed E-state index contributed by atoms with van der Waals surface area (Å²) < 4.78 is 24.9. The fourth-order valence-corrected chi connectivity index (χ4v) is 3.30. The van der Waals surface area contributed by atoms with Crippen molar-refractivity contribution in [3.05, 3.63) is 66.6 Å². The maximum atomic E-state index is 11.5. The van der Waals surface area contributed by atoms with Crippen LogP contribution in [0.3, 0.4) is 0 Å². The van der Waals surface area contributed by atoms with Crippen molar-refractivity contribution < 1.29 is 8.42 Å². The van der Waals surface area contributed by atoms with Crippen LogP contribution in [0.25, 0.3) is 16.9 Å². The van der Waals surface area contributed by atoms with Gasteiger partial charge in [-0.2, -0.15) is 4.98 Å². The monoisotopic (exact) mass is 380 g/mol. The molecule has 0 saturated carbocycles. The van der Waals surface area contributed by atoms with Crippen LogP contribution in [0, 0.1) is 6.92 Å². The number of aromatic nitrogens is 4. The highest BCUT2D eigenvalue weighted by Crippen LogP contribution is 2.22. The summed E-state index contributed by atoms with van der Waals surface area (Å²) in [7, 11) is -3.79. The van der Waals surface area contributed by atoms with Crippen LogP contribution in [-0.4, -0.2) is 27.9 Å². The molecule has 0 aliphatic heterocycles. The standard InChI is InChI=1S/C18H16N6O2S/c1-12-10-20-18(22-13-5-4-6-14(9-13)27(19,25)26)23-17(12)24-11-21-15-7-2-3-8-16(15)24/h2-11H,1H3,(H2,19,25,26)(H,20,22,23). The molecule has 4 aromatic rings. The zero-order valence-electron chi connectivity index (χ0n) is 14.4. The van der Waals surface area contributed by atoms with Gasteiger partial charge in [0.15, 0.2) is 0 Å². The Morgan fingerprint density at radius 2 is 1.89 bits per heavy atom. The van der Waals surface area contributed by atoms with E-state index in [0.29, 0.717) is 17.5 Å². The van der Waals surface area contributed by atoms with Crippen LogP contribution in [0.1, 0.15) is 5.56 Å². The van der Waals surface area contributed by atoms with E-state index in [0.717, 1.165) is 16.6 Å². The molecule has 0 spiro atoms. The van der Waals surface area contributed by atoms with Gasteiger partial charge in [-0.25, -0.2) is 23.5 Å². The van der Waals surface area contributed by atoms with Crippen LogP contribution >= 0.6 is 0 Å². The Bertz CT molecular complexity index is 1250. The number of aryl methyl sites for hydroxylation is 1. The van der Waals surface area contributed by atoms with E-state index in [9.17, 15) is 8.42 Å². The third-order valence-electron chi connectivity index (χ3n) is 4.05. The lowest BCUT2D eigenvalue weighted by atomic mass is 10.3. The zero-order chi connectivity index (χ0) is 19.0. The summed E-state index contributed by atoms with van der Waals surface area (Å²) in [6, 6.07) is 13.9.